The first kappa shape index (κ1) is 14.9. The molecule has 0 unspecified atom stereocenters. The standard InChI is InChI=1S/C17H16N4O3S/c1-2-12(8-18-4-1)21-17(19-16(20-21)11-3-5-22-9-11)15-14-13(10-25-15)23-6-7-24-14/h1-2,4,8,10-11H,3,5-7,9H2/t11-/m0/s1. The number of rotatable bonds is 3. The maximum Gasteiger partial charge on any atom is 0.183 e. The lowest BCUT2D eigenvalue weighted by Crippen LogP contribution is -2.14. The average molecular weight is 356 g/mol. The Morgan fingerprint density at radius 1 is 1.20 bits per heavy atom. The zero-order chi connectivity index (χ0) is 16.6. The van der Waals surface area contributed by atoms with Gasteiger partial charge in [-0.3, -0.25) is 4.98 Å². The monoisotopic (exact) mass is 356 g/mol. The molecule has 1 saturated heterocycles. The van der Waals surface area contributed by atoms with Crippen LogP contribution in [0.4, 0.5) is 0 Å². The van der Waals surface area contributed by atoms with E-state index < -0.39 is 0 Å². The third kappa shape index (κ3) is 2.58. The molecule has 0 aromatic carbocycles. The number of pyridine rings is 1. The van der Waals surface area contributed by atoms with Crippen LogP contribution < -0.4 is 9.47 Å². The number of hydrogen-bond acceptors (Lipinski definition) is 7. The highest BCUT2D eigenvalue weighted by molar-refractivity contribution is 7.14. The van der Waals surface area contributed by atoms with Crippen molar-refractivity contribution < 1.29 is 14.2 Å². The van der Waals surface area contributed by atoms with Crippen LogP contribution in [0.5, 0.6) is 11.5 Å². The van der Waals surface area contributed by atoms with Crippen molar-refractivity contribution in [2.45, 2.75) is 12.3 Å². The molecule has 0 spiro atoms. The fourth-order valence-electron chi connectivity index (χ4n) is 3.06. The molecule has 8 heteroatoms. The van der Waals surface area contributed by atoms with E-state index in [1.54, 1.807) is 23.7 Å². The Hall–Kier alpha value is -2.45. The summed E-state index contributed by atoms with van der Waals surface area (Å²) in [5.74, 6) is 3.31. The molecule has 128 valence electrons. The quantitative estimate of drug-likeness (QED) is 0.718. The molecule has 0 radical (unpaired) electrons. The van der Waals surface area contributed by atoms with Gasteiger partial charge in [-0.2, -0.15) is 5.10 Å². The van der Waals surface area contributed by atoms with E-state index in [2.05, 4.69) is 4.98 Å². The van der Waals surface area contributed by atoms with E-state index in [0.29, 0.717) is 19.8 Å². The van der Waals surface area contributed by atoms with Gasteiger partial charge in [0, 0.05) is 24.1 Å². The van der Waals surface area contributed by atoms with Gasteiger partial charge in [0.1, 0.15) is 18.1 Å². The average Bonchev–Trinajstić information content (AvgIpc) is 3.40. The van der Waals surface area contributed by atoms with Crippen LogP contribution in [0.3, 0.4) is 0 Å². The number of hydrogen-bond donors (Lipinski definition) is 0. The summed E-state index contributed by atoms with van der Waals surface area (Å²) in [6.07, 6.45) is 4.47. The highest BCUT2D eigenvalue weighted by Gasteiger charge is 2.28. The van der Waals surface area contributed by atoms with E-state index in [0.717, 1.165) is 46.7 Å². The van der Waals surface area contributed by atoms with Gasteiger partial charge in [0.25, 0.3) is 0 Å². The van der Waals surface area contributed by atoms with Crippen LogP contribution in [-0.2, 0) is 4.74 Å². The zero-order valence-electron chi connectivity index (χ0n) is 13.4. The molecule has 0 aliphatic carbocycles. The molecule has 3 aromatic heterocycles. The molecular formula is C17H16N4O3S. The minimum absolute atomic E-state index is 0.227. The first-order chi connectivity index (χ1) is 12.4. The number of thiophene rings is 1. The second kappa shape index (κ2) is 6.12. The van der Waals surface area contributed by atoms with E-state index in [9.17, 15) is 0 Å². The third-order valence-electron chi connectivity index (χ3n) is 4.31. The molecule has 5 heterocycles. The van der Waals surface area contributed by atoms with Crippen LogP contribution in [0.2, 0.25) is 0 Å². The summed E-state index contributed by atoms with van der Waals surface area (Å²) in [6, 6.07) is 3.86. The van der Waals surface area contributed by atoms with Crippen molar-refractivity contribution in [1.29, 1.82) is 0 Å². The van der Waals surface area contributed by atoms with Gasteiger partial charge in [-0.05, 0) is 18.6 Å². The second-order valence-corrected chi connectivity index (χ2v) is 6.81. The van der Waals surface area contributed by atoms with E-state index >= 15 is 0 Å². The second-order valence-electron chi connectivity index (χ2n) is 5.93. The van der Waals surface area contributed by atoms with Crippen molar-refractivity contribution in [3.63, 3.8) is 0 Å². The van der Waals surface area contributed by atoms with Crippen LogP contribution in [0.15, 0.2) is 29.9 Å². The smallest absolute Gasteiger partial charge is 0.183 e. The van der Waals surface area contributed by atoms with Gasteiger partial charge in [-0.15, -0.1) is 11.3 Å². The van der Waals surface area contributed by atoms with Gasteiger partial charge in [0.05, 0.1) is 18.5 Å². The Morgan fingerprint density at radius 3 is 3.00 bits per heavy atom. The number of fused-ring (bicyclic) bond motifs is 1. The van der Waals surface area contributed by atoms with E-state index in [4.69, 9.17) is 24.3 Å². The Morgan fingerprint density at radius 2 is 2.16 bits per heavy atom. The molecule has 2 aliphatic heterocycles. The van der Waals surface area contributed by atoms with Gasteiger partial charge in [-0.25, -0.2) is 9.67 Å². The lowest BCUT2D eigenvalue weighted by Gasteiger charge is -2.15. The first-order valence-electron chi connectivity index (χ1n) is 8.23. The summed E-state index contributed by atoms with van der Waals surface area (Å²) < 4.78 is 18.9. The first-order valence-corrected chi connectivity index (χ1v) is 9.10. The Bertz CT molecular complexity index is 887. The molecule has 1 fully saturated rings. The lowest BCUT2D eigenvalue weighted by atomic mass is 10.1. The summed E-state index contributed by atoms with van der Waals surface area (Å²) >= 11 is 1.56. The Kier molecular flexibility index (Phi) is 3.64. The van der Waals surface area contributed by atoms with Crippen molar-refractivity contribution >= 4 is 11.3 Å². The third-order valence-corrected chi connectivity index (χ3v) is 5.25. The van der Waals surface area contributed by atoms with Crippen molar-refractivity contribution in [3.05, 3.63) is 35.7 Å². The van der Waals surface area contributed by atoms with Crippen molar-refractivity contribution in [2.75, 3.05) is 26.4 Å². The fourth-order valence-corrected chi connectivity index (χ4v) is 3.97. The highest BCUT2D eigenvalue weighted by Crippen LogP contribution is 2.45. The molecule has 0 amide bonds. The summed E-state index contributed by atoms with van der Waals surface area (Å²) in [7, 11) is 0. The number of nitrogens with zero attached hydrogens (tertiary/aromatic N) is 4. The molecule has 5 rings (SSSR count). The van der Waals surface area contributed by atoms with Crippen molar-refractivity contribution in [2.24, 2.45) is 0 Å². The maximum atomic E-state index is 5.84. The van der Waals surface area contributed by atoms with Crippen molar-refractivity contribution in [3.8, 4) is 27.9 Å². The van der Waals surface area contributed by atoms with Crippen LogP contribution in [0.1, 0.15) is 18.2 Å². The predicted molar refractivity (Wildman–Crippen MR) is 91.6 cm³/mol. The number of ether oxygens (including phenoxy) is 3. The van der Waals surface area contributed by atoms with Gasteiger partial charge in [0.15, 0.2) is 23.1 Å². The van der Waals surface area contributed by atoms with Crippen LogP contribution in [0, 0.1) is 0 Å². The topological polar surface area (TPSA) is 71.3 Å². The molecule has 7 nitrogen and oxygen atoms in total. The van der Waals surface area contributed by atoms with Gasteiger partial charge >= 0.3 is 0 Å². The van der Waals surface area contributed by atoms with Gasteiger partial charge in [0.2, 0.25) is 0 Å². The molecule has 25 heavy (non-hydrogen) atoms. The normalized spacial score (nSPS) is 19.3. The zero-order valence-corrected chi connectivity index (χ0v) is 14.2. The SMILES string of the molecule is c1cncc(-n2nc([C@H]3CCOC3)nc2-c2scc3c2OCCO3)c1. The molecule has 0 N–H and O–H groups in total. The van der Waals surface area contributed by atoms with Crippen LogP contribution in [0.25, 0.3) is 16.4 Å². The molecule has 1 atom stereocenters. The molecule has 2 aliphatic rings. The predicted octanol–water partition coefficient (Wildman–Crippen LogP) is 2.67. The number of aromatic nitrogens is 4. The van der Waals surface area contributed by atoms with Crippen LogP contribution >= 0.6 is 11.3 Å². The van der Waals surface area contributed by atoms with Crippen LogP contribution in [-0.4, -0.2) is 46.2 Å². The molecule has 0 saturated carbocycles. The van der Waals surface area contributed by atoms with Gasteiger partial charge in [-0.1, -0.05) is 0 Å². The van der Waals surface area contributed by atoms with E-state index in [1.165, 1.54) is 0 Å². The molecular weight excluding hydrogens is 340 g/mol. The Balaban J connectivity index is 1.65. The minimum atomic E-state index is 0.227. The fraction of sp³-hybridized carbons (Fsp3) is 0.353. The van der Waals surface area contributed by atoms with E-state index in [1.807, 2.05) is 22.2 Å². The largest absolute Gasteiger partial charge is 0.485 e. The van der Waals surface area contributed by atoms with Gasteiger partial charge < -0.3 is 14.2 Å². The lowest BCUT2D eigenvalue weighted by molar-refractivity contribution is 0.174. The minimum Gasteiger partial charge on any atom is -0.485 e. The molecule has 0 bridgehead atoms. The maximum absolute atomic E-state index is 5.84. The molecule has 3 aromatic rings. The summed E-state index contributed by atoms with van der Waals surface area (Å²) in [4.78, 5) is 9.98. The summed E-state index contributed by atoms with van der Waals surface area (Å²) in [5.41, 5.74) is 0.869. The summed E-state index contributed by atoms with van der Waals surface area (Å²) in [5, 5.41) is 6.73. The highest BCUT2D eigenvalue weighted by atomic mass is 32.1. The summed E-state index contributed by atoms with van der Waals surface area (Å²) in [6.45, 7) is 2.54. The van der Waals surface area contributed by atoms with E-state index in [-0.39, 0.29) is 5.92 Å². The Labute approximate surface area is 148 Å². The van der Waals surface area contributed by atoms with Crippen molar-refractivity contribution in [1.82, 2.24) is 19.7 Å².